The van der Waals surface area contributed by atoms with Crippen molar-refractivity contribution in [2.24, 2.45) is 5.92 Å². The van der Waals surface area contributed by atoms with Crippen LogP contribution in [0.3, 0.4) is 0 Å². The van der Waals surface area contributed by atoms with Gasteiger partial charge in [0.25, 0.3) is 0 Å². The second-order valence-corrected chi connectivity index (χ2v) is 8.37. The lowest BCUT2D eigenvalue weighted by Gasteiger charge is -2.25. The number of Topliss-reactive ketones (excluding diaryl/α,β-unsaturated/α-hetero) is 1. The van der Waals surface area contributed by atoms with E-state index in [2.05, 4.69) is 22.6 Å². The van der Waals surface area contributed by atoms with Crippen LogP contribution in [0.25, 0.3) is 0 Å². The first kappa shape index (κ1) is 20.0. The minimum Gasteiger partial charge on any atom is -0.488 e. The maximum Gasteiger partial charge on any atom is 0.169 e. The first-order chi connectivity index (χ1) is 14.2. The van der Waals surface area contributed by atoms with Gasteiger partial charge in [-0.05, 0) is 58.7 Å². The fourth-order valence-electron chi connectivity index (χ4n) is 3.34. The highest BCUT2D eigenvalue weighted by Crippen LogP contribution is 2.39. The molecule has 1 aliphatic rings. The Morgan fingerprint density at radius 3 is 1.97 bits per heavy atom. The third-order valence-corrected chi connectivity index (χ3v) is 6.29. The van der Waals surface area contributed by atoms with Gasteiger partial charge in [-0.2, -0.15) is 0 Å². The number of rotatable bonds is 8. The molecule has 3 aromatic rings. The molecule has 0 unspecified atom stereocenters. The number of halogens is 1. The zero-order valence-corrected chi connectivity index (χ0v) is 18.3. The molecule has 0 amide bonds. The molecule has 0 aromatic heterocycles. The topological polar surface area (TPSA) is 35.5 Å². The van der Waals surface area contributed by atoms with Gasteiger partial charge in [0.1, 0.15) is 24.7 Å². The molecule has 3 aromatic carbocycles. The van der Waals surface area contributed by atoms with Crippen LogP contribution >= 0.6 is 22.6 Å². The monoisotopic (exact) mass is 498 g/mol. The molecule has 0 spiro atoms. The van der Waals surface area contributed by atoms with Crippen LogP contribution in [0.2, 0.25) is 0 Å². The summed E-state index contributed by atoms with van der Waals surface area (Å²) in [5.41, 5.74) is 2.84. The van der Waals surface area contributed by atoms with Gasteiger partial charge in [-0.1, -0.05) is 67.1 Å². The van der Waals surface area contributed by atoms with Crippen molar-refractivity contribution in [1.82, 2.24) is 0 Å². The van der Waals surface area contributed by atoms with E-state index in [4.69, 9.17) is 9.47 Å². The lowest BCUT2D eigenvalue weighted by atomic mass is 9.80. The van der Waals surface area contributed by atoms with E-state index >= 15 is 0 Å². The Balaban J connectivity index is 1.59. The molecule has 29 heavy (non-hydrogen) atoms. The zero-order chi connectivity index (χ0) is 20.1. The normalized spacial score (nSPS) is 13.6. The second-order valence-electron chi connectivity index (χ2n) is 7.29. The second kappa shape index (κ2) is 9.44. The van der Waals surface area contributed by atoms with E-state index in [1.807, 2.05) is 72.8 Å². The minimum atomic E-state index is 0.126. The Labute approximate surface area is 185 Å². The number of carbonyl (C=O) groups is 1. The molecule has 3 nitrogen and oxygen atoms in total. The van der Waals surface area contributed by atoms with Crippen molar-refractivity contribution in [3.63, 3.8) is 0 Å². The van der Waals surface area contributed by atoms with Gasteiger partial charge in [0.2, 0.25) is 0 Å². The molecule has 4 rings (SSSR count). The summed E-state index contributed by atoms with van der Waals surface area (Å²) in [7, 11) is 0. The Hall–Kier alpha value is -2.34. The summed E-state index contributed by atoms with van der Waals surface area (Å²) >= 11 is 2.24. The lowest BCUT2D eigenvalue weighted by molar-refractivity contribution is 0.0850. The third-order valence-electron chi connectivity index (χ3n) is 5.27. The quantitative estimate of drug-likeness (QED) is 0.265. The van der Waals surface area contributed by atoms with E-state index in [-0.39, 0.29) is 11.7 Å². The molecule has 0 N–H and O–H groups in total. The van der Waals surface area contributed by atoms with E-state index in [1.54, 1.807) is 0 Å². The number of ketones is 1. The van der Waals surface area contributed by atoms with Crippen LogP contribution in [0.4, 0.5) is 0 Å². The Bertz CT molecular complexity index is 966. The molecule has 1 fully saturated rings. The Morgan fingerprint density at radius 2 is 1.41 bits per heavy atom. The molecule has 0 heterocycles. The average molecular weight is 498 g/mol. The van der Waals surface area contributed by atoms with Crippen LogP contribution in [0.1, 0.15) is 40.7 Å². The largest absolute Gasteiger partial charge is 0.488 e. The van der Waals surface area contributed by atoms with Gasteiger partial charge in [-0.15, -0.1) is 0 Å². The van der Waals surface area contributed by atoms with Crippen molar-refractivity contribution in [3.8, 4) is 11.5 Å². The van der Waals surface area contributed by atoms with Crippen LogP contribution in [0.15, 0.2) is 72.8 Å². The highest BCUT2D eigenvalue weighted by atomic mass is 127. The van der Waals surface area contributed by atoms with E-state index in [1.165, 1.54) is 0 Å². The highest BCUT2D eigenvalue weighted by Gasteiger charge is 2.30. The molecule has 1 aliphatic carbocycles. The molecular formula is C25H23IO3. The summed E-state index contributed by atoms with van der Waals surface area (Å²) in [4.78, 5) is 13.0. The molecule has 0 saturated heterocycles. The number of hydrogen-bond acceptors (Lipinski definition) is 3. The smallest absolute Gasteiger partial charge is 0.169 e. The van der Waals surface area contributed by atoms with Crippen molar-refractivity contribution < 1.29 is 14.3 Å². The van der Waals surface area contributed by atoms with Crippen molar-refractivity contribution >= 4 is 28.4 Å². The standard InChI is InChI=1S/C25H23IO3/c26-23-22(28-16-18-8-3-1-4-9-18)15-14-21(24(27)20-12-7-13-20)25(23)29-17-19-10-5-2-6-11-19/h1-6,8-11,14-15,20H,7,12-13,16-17H2. The summed E-state index contributed by atoms with van der Waals surface area (Å²) < 4.78 is 13.1. The SMILES string of the molecule is O=C(c1ccc(OCc2ccccc2)c(I)c1OCc1ccccc1)C1CCC1. The molecule has 1 saturated carbocycles. The summed E-state index contributed by atoms with van der Waals surface area (Å²) in [6.45, 7) is 0.898. The lowest BCUT2D eigenvalue weighted by Crippen LogP contribution is -2.23. The summed E-state index contributed by atoms with van der Waals surface area (Å²) in [6.07, 6.45) is 3.07. The van der Waals surface area contributed by atoms with Gasteiger partial charge >= 0.3 is 0 Å². The fourth-order valence-corrected chi connectivity index (χ4v) is 4.12. The summed E-state index contributed by atoms with van der Waals surface area (Å²) in [6, 6.07) is 23.8. The first-order valence-corrected chi connectivity index (χ1v) is 11.0. The van der Waals surface area contributed by atoms with Gasteiger partial charge in [0, 0.05) is 5.92 Å². The van der Waals surface area contributed by atoms with E-state index < -0.39 is 0 Å². The Kier molecular flexibility index (Phi) is 6.49. The molecule has 0 bridgehead atoms. The van der Waals surface area contributed by atoms with Gasteiger partial charge in [0.15, 0.2) is 5.78 Å². The number of benzene rings is 3. The van der Waals surface area contributed by atoms with Gasteiger partial charge in [0.05, 0.1) is 9.13 Å². The molecule has 148 valence electrons. The number of ether oxygens (including phenoxy) is 2. The van der Waals surface area contributed by atoms with Crippen LogP contribution in [-0.2, 0) is 13.2 Å². The zero-order valence-electron chi connectivity index (χ0n) is 16.1. The third kappa shape index (κ3) is 4.81. The van der Waals surface area contributed by atoms with E-state index in [9.17, 15) is 4.79 Å². The van der Waals surface area contributed by atoms with Crippen LogP contribution in [0, 0.1) is 9.49 Å². The van der Waals surface area contributed by atoms with Gasteiger partial charge in [-0.25, -0.2) is 0 Å². The highest BCUT2D eigenvalue weighted by molar-refractivity contribution is 14.1. The molecule has 0 radical (unpaired) electrons. The minimum absolute atomic E-state index is 0.126. The van der Waals surface area contributed by atoms with Crippen molar-refractivity contribution in [2.45, 2.75) is 32.5 Å². The van der Waals surface area contributed by atoms with Crippen LogP contribution in [0.5, 0.6) is 11.5 Å². The maximum absolute atomic E-state index is 13.0. The number of hydrogen-bond donors (Lipinski definition) is 0. The Morgan fingerprint density at radius 1 is 0.828 bits per heavy atom. The van der Waals surface area contributed by atoms with E-state index in [0.717, 1.165) is 39.7 Å². The van der Waals surface area contributed by atoms with Crippen molar-refractivity contribution in [2.75, 3.05) is 0 Å². The van der Waals surface area contributed by atoms with Crippen LogP contribution in [-0.4, -0.2) is 5.78 Å². The average Bonchev–Trinajstić information content (AvgIpc) is 2.72. The first-order valence-electron chi connectivity index (χ1n) is 9.92. The predicted molar refractivity (Wildman–Crippen MR) is 122 cm³/mol. The maximum atomic E-state index is 13.0. The van der Waals surface area contributed by atoms with Gasteiger partial charge in [-0.3, -0.25) is 4.79 Å². The molecule has 0 aliphatic heterocycles. The number of carbonyl (C=O) groups excluding carboxylic acids is 1. The predicted octanol–water partition coefficient (Wildman–Crippen LogP) is 6.43. The molecule has 4 heteroatoms. The fraction of sp³-hybridized carbons (Fsp3) is 0.240. The van der Waals surface area contributed by atoms with Gasteiger partial charge < -0.3 is 9.47 Å². The van der Waals surface area contributed by atoms with E-state index in [0.29, 0.717) is 24.5 Å². The van der Waals surface area contributed by atoms with Crippen molar-refractivity contribution in [1.29, 1.82) is 0 Å². The van der Waals surface area contributed by atoms with Crippen molar-refractivity contribution in [3.05, 3.63) is 93.1 Å². The summed E-state index contributed by atoms with van der Waals surface area (Å²) in [5.74, 6) is 1.69. The summed E-state index contributed by atoms with van der Waals surface area (Å²) in [5, 5.41) is 0. The molecular weight excluding hydrogens is 475 g/mol. The molecule has 0 atom stereocenters. The van der Waals surface area contributed by atoms with Crippen LogP contribution < -0.4 is 9.47 Å².